The summed E-state index contributed by atoms with van der Waals surface area (Å²) in [5.74, 6) is 0. The van der Waals surface area contributed by atoms with Crippen molar-refractivity contribution in [1.29, 1.82) is 0 Å². The highest BCUT2D eigenvalue weighted by atomic mass is 32.1. The predicted octanol–water partition coefficient (Wildman–Crippen LogP) is 16.7. The Morgan fingerprint density at radius 2 is 0.897 bits per heavy atom. The Labute approximate surface area is 337 Å². The Hall–Kier alpha value is -7.26. The van der Waals surface area contributed by atoms with Crippen molar-refractivity contribution in [3.8, 4) is 33.4 Å². The molecule has 11 aromatic carbocycles. The van der Waals surface area contributed by atoms with Crippen molar-refractivity contribution >= 4 is 107 Å². The molecule has 0 amide bonds. The van der Waals surface area contributed by atoms with Crippen LogP contribution in [0.25, 0.3) is 129 Å². The summed E-state index contributed by atoms with van der Waals surface area (Å²) >= 11 is 1.86. The van der Waals surface area contributed by atoms with Gasteiger partial charge in [-0.05, 0) is 130 Å². The van der Waals surface area contributed by atoms with Gasteiger partial charge in [-0.15, -0.1) is 11.3 Å². The van der Waals surface area contributed by atoms with E-state index in [0.717, 1.165) is 27.3 Å². The summed E-state index contributed by atoms with van der Waals surface area (Å²) in [5, 5.41) is 17.3. The van der Waals surface area contributed by atoms with Gasteiger partial charge >= 0.3 is 0 Å². The number of furan rings is 1. The normalized spacial score (nSPS) is 12.1. The van der Waals surface area contributed by atoms with Gasteiger partial charge in [-0.25, -0.2) is 0 Å². The highest BCUT2D eigenvalue weighted by Gasteiger charge is 2.19. The average molecular weight is 753 g/mol. The minimum Gasteiger partial charge on any atom is -0.455 e. The summed E-state index contributed by atoms with van der Waals surface area (Å²) in [5.41, 5.74) is 9.31. The molecule has 0 aliphatic rings. The maximum atomic E-state index is 6.64. The fourth-order valence-corrected chi connectivity index (χ4v) is 10.8. The summed E-state index contributed by atoms with van der Waals surface area (Å²) in [6.07, 6.45) is 0. The molecule has 0 saturated carbocycles. The molecule has 2 aromatic heterocycles. The van der Waals surface area contributed by atoms with Crippen LogP contribution in [0.1, 0.15) is 0 Å². The van der Waals surface area contributed by atoms with E-state index in [9.17, 15) is 0 Å². The van der Waals surface area contributed by atoms with Gasteiger partial charge in [0.2, 0.25) is 0 Å². The first-order valence-corrected chi connectivity index (χ1v) is 20.7. The summed E-state index contributed by atoms with van der Waals surface area (Å²) in [7, 11) is 0. The lowest BCUT2D eigenvalue weighted by Crippen LogP contribution is -1.91. The van der Waals surface area contributed by atoms with Gasteiger partial charge in [-0.3, -0.25) is 0 Å². The first kappa shape index (κ1) is 31.9. The second kappa shape index (κ2) is 12.1. The molecule has 0 fully saturated rings. The van der Waals surface area contributed by atoms with E-state index in [1.807, 2.05) is 11.3 Å². The van der Waals surface area contributed by atoms with Crippen molar-refractivity contribution in [3.05, 3.63) is 194 Å². The summed E-state index contributed by atoms with van der Waals surface area (Å²) < 4.78 is 9.26. The third-order valence-electron chi connectivity index (χ3n) is 12.4. The molecule has 0 spiro atoms. The van der Waals surface area contributed by atoms with Gasteiger partial charge in [-0.1, -0.05) is 146 Å². The van der Waals surface area contributed by atoms with Crippen molar-refractivity contribution < 1.29 is 4.42 Å². The minimum atomic E-state index is 0.915. The Morgan fingerprint density at radius 3 is 1.69 bits per heavy atom. The van der Waals surface area contributed by atoms with Crippen LogP contribution in [0, 0.1) is 0 Å². The zero-order chi connectivity index (χ0) is 37.9. The van der Waals surface area contributed by atoms with Crippen molar-refractivity contribution in [1.82, 2.24) is 0 Å². The largest absolute Gasteiger partial charge is 0.455 e. The molecule has 0 atom stereocenters. The molecule has 0 saturated heterocycles. The van der Waals surface area contributed by atoms with E-state index in [-0.39, 0.29) is 0 Å². The summed E-state index contributed by atoms with van der Waals surface area (Å²) in [4.78, 5) is 0. The topological polar surface area (TPSA) is 13.1 Å². The van der Waals surface area contributed by atoms with Crippen LogP contribution in [-0.2, 0) is 0 Å². The van der Waals surface area contributed by atoms with Gasteiger partial charge in [0.25, 0.3) is 0 Å². The number of rotatable bonds is 3. The molecule has 0 bridgehead atoms. The van der Waals surface area contributed by atoms with Crippen LogP contribution in [0.4, 0.5) is 0 Å². The monoisotopic (exact) mass is 752 g/mol. The molecule has 58 heavy (non-hydrogen) atoms. The Balaban J connectivity index is 0.935. The van der Waals surface area contributed by atoms with Gasteiger partial charge in [0.05, 0.1) is 0 Å². The first-order chi connectivity index (χ1) is 28.7. The second-order valence-electron chi connectivity index (χ2n) is 15.6. The van der Waals surface area contributed by atoms with Crippen molar-refractivity contribution in [2.75, 3.05) is 0 Å². The fraction of sp³-hybridized carbons (Fsp3) is 0. The maximum absolute atomic E-state index is 6.64. The number of fused-ring (bicyclic) bond motifs is 12. The lowest BCUT2D eigenvalue weighted by Gasteiger charge is -2.19. The lowest BCUT2D eigenvalue weighted by atomic mass is 9.84. The number of benzene rings is 11. The summed E-state index contributed by atoms with van der Waals surface area (Å²) in [6.45, 7) is 0. The van der Waals surface area contributed by atoms with Gasteiger partial charge in [0, 0.05) is 36.3 Å². The molecule has 0 radical (unpaired) electrons. The van der Waals surface area contributed by atoms with Crippen LogP contribution < -0.4 is 0 Å². The van der Waals surface area contributed by atoms with E-state index < -0.39 is 0 Å². The molecular weight excluding hydrogens is 721 g/mol. The van der Waals surface area contributed by atoms with Gasteiger partial charge in [0.15, 0.2) is 0 Å². The van der Waals surface area contributed by atoms with E-state index in [1.165, 1.54) is 102 Å². The van der Waals surface area contributed by atoms with Gasteiger partial charge in [0.1, 0.15) is 11.2 Å². The van der Waals surface area contributed by atoms with Gasteiger partial charge in [-0.2, -0.15) is 0 Å². The zero-order valence-electron chi connectivity index (χ0n) is 31.3. The molecule has 2 heterocycles. The SMILES string of the molecule is c1ccc2c(-c3c4ccccc4c(-c4ccc5cc(-c6ccc7oc8c9cc%10c(cc9ccc8c7c6)sc6ccccc6%10)ccc5c4)c4ccccc34)cccc2c1. The smallest absolute Gasteiger partial charge is 0.143 e. The van der Waals surface area contributed by atoms with Crippen molar-refractivity contribution in [3.63, 3.8) is 0 Å². The molecule has 13 aromatic rings. The lowest BCUT2D eigenvalue weighted by molar-refractivity contribution is 0.673. The molecule has 13 rings (SSSR count). The highest BCUT2D eigenvalue weighted by molar-refractivity contribution is 7.25. The van der Waals surface area contributed by atoms with Crippen LogP contribution in [0.3, 0.4) is 0 Å². The number of hydrogen-bond donors (Lipinski definition) is 0. The Kier molecular flexibility index (Phi) is 6.66. The van der Waals surface area contributed by atoms with E-state index in [2.05, 4.69) is 194 Å². The maximum Gasteiger partial charge on any atom is 0.143 e. The molecule has 268 valence electrons. The molecule has 0 aliphatic heterocycles. The number of thiophene rings is 1. The van der Waals surface area contributed by atoms with E-state index in [1.54, 1.807) is 0 Å². The predicted molar refractivity (Wildman–Crippen MR) is 250 cm³/mol. The Morgan fingerprint density at radius 1 is 0.293 bits per heavy atom. The van der Waals surface area contributed by atoms with E-state index in [4.69, 9.17) is 4.42 Å². The van der Waals surface area contributed by atoms with Crippen molar-refractivity contribution in [2.45, 2.75) is 0 Å². The Bertz CT molecular complexity index is 3800. The number of hydrogen-bond acceptors (Lipinski definition) is 2. The first-order valence-electron chi connectivity index (χ1n) is 19.9. The average Bonchev–Trinajstić information content (AvgIpc) is 3.84. The molecule has 1 nitrogen and oxygen atoms in total. The third kappa shape index (κ3) is 4.64. The second-order valence-corrected chi connectivity index (χ2v) is 16.7. The van der Waals surface area contributed by atoms with Crippen LogP contribution in [-0.4, -0.2) is 0 Å². The van der Waals surface area contributed by atoms with Crippen molar-refractivity contribution in [2.24, 2.45) is 0 Å². The molecule has 0 N–H and O–H groups in total. The zero-order valence-corrected chi connectivity index (χ0v) is 32.1. The standard InChI is InChI=1S/C56H32OS/c1-2-12-40-33(10-1)11-9-18-42(40)55-45-16-5-3-14-43(45)54(44-15-4-6-17-46(44)55)39-23-22-34-28-35(20-21-36(34)29-39)37-25-27-51-49(30-37)47-26-24-38-31-53-50(32-48(38)56(47)57-51)41-13-7-8-19-52(41)58-53/h1-32H. The highest BCUT2D eigenvalue weighted by Crippen LogP contribution is 2.46. The third-order valence-corrected chi connectivity index (χ3v) is 13.5. The van der Waals surface area contributed by atoms with E-state index >= 15 is 0 Å². The van der Waals surface area contributed by atoms with E-state index in [0.29, 0.717) is 0 Å². The minimum absolute atomic E-state index is 0.915. The van der Waals surface area contributed by atoms with Crippen LogP contribution in [0.15, 0.2) is 199 Å². The van der Waals surface area contributed by atoms with Crippen LogP contribution in [0.5, 0.6) is 0 Å². The summed E-state index contributed by atoms with van der Waals surface area (Å²) in [6, 6.07) is 71.6. The van der Waals surface area contributed by atoms with Gasteiger partial charge < -0.3 is 4.42 Å². The van der Waals surface area contributed by atoms with Crippen LogP contribution in [0.2, 0.25) is 0 Å². The molecule has 0 aliphatic carbocycles. The van der Waals surface area contributed by atoms with Crippen LogP contribution >= 0.6 is 11.3 Å². The molecule has 2 heteroatoms. The molecular formula is C56H32OS. The molecule has 0 unspecified atom stereocenters. The quantitative estimate of drug-likeness (QED) is 0.164. The fourth-order valence-electron chi connectivity index (χ4n) is 9.71.